The Balaban J connectivity index is 1.34. The smallest absolute Gasteiger partial charge is 0.191 e. The topological polar surface area (TPSA) is 66.5 Å². The van der Waals surface area contributed by atoms with E-state index in [0.717, 1.165) is 24.0 Å². The zero-order valence-corrected chi connectivity index (χ0v) is 21.7. The molecule has 3 saturated carbocycles. The van der Waals surface area contributed by atoms with Gasteiger partial charge in [0.15, 0.2) is 17.5 Å². The first-order chi connectivity index (χ1) is 19.0. The SMILES string of the molecule is CC1C2CCC(CC2)C1Nc1nc(-c2c[nH]c3ncc(F)cc23)nc(-c2ccc(-c3ccccc3)cc2)c1F. The highest BCUT2D eigenvalue weighted by Crippen LogP contribution is 2.46. The fourth-order valence-corrected chi connectivity index (χ4v) is 6.63. The van der Waals surface area contributed by atoms with Crippen molar-refractivity contribution in [1.29, 1.82) is 0 Å². The third-order valence-electron chi connectivity index (χ3n) is 8.79. The van der Waals surface area contributed by atoms with Crippen LogP contribution in [0.1, 0.15) is 32.6 Å². The zero-order valence-electron chi connectivity index (χ0n) is 21.7. The van der Waals surface area contributed by atoms with Crippen LogP contribution in [0, 0.1) is 29.4 Å². The number of hydrogen-bond donors (Lipinski definition) is 2. The summed E-state index contributed by atoms with van der Waals surface area (Å²) < 4.78 is 30.4. The van der Waals surface area contributed by atoms with Gasteiger partial charge >= 0.3 is 0 Å². The van der Waals surface area contributed by atoms with E-state index in [4.69, 9.17) is 9.97 Å². The second-order valence-corrected chi connectivity index (χ2v) is 11.0. The summed E-state index contributed by atoms with van der Waals surface area (Å²) >= 11 is 0. The van der Waals surface area contributed by atoms with Crippen LogP contribution in [0.2, 0.25) is 0 Å². The van der Waals surface area contributed by atoms with E-state index in [0.29, 0.717) is 45.7 Å². The largest absolute Gasteiger partial charge is 0.364 e. The Kier molecular flexibility index (Phi) is 5.87. The number of rotatable bonds is 5. The Morgan fingerprint density at radius 1 is 0.846 bits per heavy atom. The zero-order chi connectivity index (χ0) is 26.5. The van der Waals surface area contributed by atoms with Crippen molar-refractivity contribution in [2.45, 2.75) is 38.6 Å². The molecule has 5 aromatic rings. The highest BCUT2D eigenvalue weighted by atomic mass is 19.1. The van der Waals surface area contributed by atoms with Gasteiger partial charge in [-0.05, 0) is 60.6 Å². The lowest BCUT2D eigenvalue weighted by Gasteiger charge is -2.47. The summed E-state index contributed by atoms with van der Waals surface area (Å²) in [4.78, 5) is 16.6. The summed E-state index contributed by atoms with van der Waals surface area (Å²) in [5, 5.41) is 4.07. The van der Waals surface area contributed by atoms with Crippen molar-refractivity contribution in [3.8, 4) is 33.8 Å². The maximum Gasteiger partial charge on any atom is 0.191 e. The molecule has 0 aliphatic heterocycles. The van der Waals surface area contributed by atoms with Gasteiger partial charge < -0.3 is 10.3 Å². The number of aromatic nitrogens is 4. The molecule has 0 saturated heterocycles. The maximum atomic E-state index is 16.2. The van der Waals surface area contributed by atoms with E-state index < -0.39 is 11.6 Å². The van der Waals surface area contributed by atoms with Crippen LogP contribution in [0.4, 0.5) is 14.6 Å². The van der Waals surface area contributed by atoms with Gasteiger partial charge in [-0.1, -0.05) is 61.5 Å². The lowest BCUT2D eigenvalue weighted by Crippen LogP contribution is -2.47. The summed E-state index contributed by atoms with van der Waals surface area (Å²) in [7, 11) is 0. The van der Waals surface area contributed by atoms with E-state index in [1.807, 2.05) is 54.6 Å². The molecule has 2 aromatic carbocycles. The number of anilines is 1. The fraction of sp³-hybridized carbons (Fsp3) is 0.281. The number of benzene rings is 2. The number of nitrogens with zero attached hydrogens (tertiary/aromatic N) is 3. The predicted octanol–water partition coefficient (Wildman–Crippen LogP) is 7.87. The molecule has 0 radical (unpaired) electrons. The number of hydrogen-bond acceptors (Lipinski definition) is 4. The van der Waals surface area contributed by atoms with Gasteiger partial charge in [0.1, 0.15) is 17.2 Å². The number of aromatic amines is 1. The first-order valence-electron chi connectivity index (χ1n) is 13.7. The Morgan fingerprint density at radius 3 is 2.28 bits per heavy atom. The number of H-pyrrole nitrogens is 1. The Labute approximate surface area is 225 Å². The molecule has 3 aliphatic rings. The van der Waals surface area contributed by atoms with Gasteiger partial charge in [-0.2, -0.15) is 0 Å². The molecule has 39 heavy (non-hydrogen) atoms. The molecule has 5 nitrogen and oxygen atoms in total. The molecular weight excluding hydrogens is 492 g/mol. The second kappa shape index (κ2) is 9.56. The van der Waals surface area contributed by atoms with Crippen molar-refractivity contribution in [2.75, 3.05) is 5.32 Å². The average molecular weight is 522 g/mol. The first-order valence-corrected chi connectivity index (χ1v) is 13.7. The Hall–Kier alpha value is -4.13. The number of nitrogens with one attached hydrogen (secondary N) is 2. The van der Waals surface area contributed by atoms with Gasteiger partial charge in [0.05, 0.1) is 6.20 Å². The van der Waals surface area contributed by atoms with E-state index in [1.165, 1.54) is 25.1 Å². The molecule has 3 aliphatic carbocycles. The van der Waals surface area contributed by atoms with Crippen LogP contribution in [0.15, 0.2) is 73.1 Å². The van der Waals surface area contributed by atoms with Crippen LogP contribution in [-0.2, 0) is 0 Å². The van der Waals surface area contributed by atoms with Crippen LogP contribution in [0.25, 0.3) is 44.8 Å². The van der Waals surface area contributed by atoms with Gasteiger partial charge in [-0.15, -0.1) is 0 Å². The molecule has 2 bridgehead atoms. The lowest BCUT2D eigenvalue weighted by molar-refractivity contribution is 0.0926. The highest BCUT2D eigenvalue weighted by Gasteiger charge is 2.41. The fourth-order valence-electron chi connectivity index (χ4n) is 6.63. The minimum Gasteiger partial charge on any atom is -0.364 e. The van der Waals surface area contributed by atoms with E-state index in [2.05, 4.69) is 22.2 Å². The molecule has 2 unspecified atom stereocenters. The van der Waals surface area contributed by atoms with Crippen molar-refractivity contribution in [1.82, 2.24) is 19.9 Å². The lowest BCUT2D eigenvalue weighted by atomic mass is 9.62. The van der Waals surface area contributed by atoms with Crippen LogP contribution >= 0.6 is 0 Å². The summed E-state index contributed by atoms with van der Waals surface area (Å²) in [6.45, 7) is 2.27. The number of halogens is 2. The Bertz CT molecular complexity index is 1640. The van der Waals surface area contributed by atoms with Crippen molar-refractivity contribution < 1.29 is 8.78 Å². The van der Waals surface area contributed by atoms with E-state index in [1.54, 1.807) is 6.20 Å². The van der Waals surface area contributed by atoms with Gasteiger partial charge in [-0.25, -0.2) is 23.7 Å². The standard InChI is InChI=1S/C32H29F2N5/c1-18-19-7-11-22(12-8-19)28(18)37-32-27(34)29(23-13-9-21(10-14-23)20-5-3-2-4-6-20)38-31(39-32)26-17-36-30-25(26)15-24(33)16-35-30/h2-6,9-10,13-19,22,28H,7-8,11-12H2,1H3,(H,35,36)(H,37,38,39). The third kappa shape index (κ3) is 4.26. The first kappa shape index (κ1) is 23.9. The van der Waals surface area contributed by atoms with Gasteiger partial charge in [0.2, 0.25) is 0 Å². The predicted molar refractivity (Wildman–Crippen MR) is 150 cm³/mol. The van der Waals surface area contributed by atoms with E-state index in [-0.39, 0.29) is 17.6 Å². The van der Waals surface area contributed by atoms with Crippen molar-refractivity contribution in [2.24, 2.45) is 17.8 Å². The van der Waals surface area contributed by atoms with E-state index in [9.17, 15) is 4.39 Å². The number of pyridine rings is 1. The minimum atomic E-state index is -0.469. The molecule has 2 atom stereocenters. The summed E-state index contributed by atoms with van der Waals surface area (Å²) in [5.41, 5.74) is 4.11. The quantitative estimate of drug-likeness (QED) is 0.247. The molecular formula is C32H29F2N5. The Morgan fingerprint density at radius 2 is 1.54 bits per heavy atom. The maximum absolute atomic E-state index is 16.2. The summed E-state index contributed by atoms with van der Waals surface area (Å²) in [5.74, 6) is 1.21. The van der Waals surface area contributed by atoms with Crippen molar-refractivity contribution >= 4 is 16.9 Å². The van der Waals surface area contributed by atoms with E-state index >= 15 is 4.39 Å². The molecule has 3 aromatic heterocycles. The monoisotopic (exact) mass is 521 g/mol. The summed E-state index contributed by atoms with van der Waals surface area (Å²) in [6.07, 6.45) is 7.69. The molecule has 8 rings (SSSR count). The minimum absolute atomic E-state index is 0.158. The van der Waals surface area contributed by atoms with Crippen LogP contribution in [-0.4, -0.2) is 26.0 Å². The molecule has 0 amide bonds. The molecule has 2 N–H and O–H groups in total. The highest BCUT2D eigenvalue weighted by molar-refractivity contribution is 5.92. The van der Waals surface area contributed by atoms with Crippen molar-refractivity contribution in [3.63, 3.8) is 0 Å². The molecule has 3 heterocycles. The van der Waals surface area contributed by atoms with Crippen LogP contribution < -0.4 is 5.32 Å². The third-order valence-corrected chi connectivity index (χ3v) is 8.79. The van der Waals surface area contributed by atoms with Gasteiger partial charge in [-0.3, -0.25) is 0 Å². The van der Waals surface area contributed by atoms with Gasteiger partial charge in [0.25, 0.3) is 0 Å². The van der Waals surface area contributed by atoms with Crippen molar-refractivity contribution in [3.05, 3.63) is 84.7 Å². The molecule has 196 valence electrons. The van der Waals surface area contributed by atoms with Gasteiger partial charge in [0, 0.05) is 28.8 Å². The normalized spacial score (nSPS) is 22.3. The van der Waals surface area contributed by atoms with Crippen LogP contribution in [0.3, 0.4) is 0 Å². The summed E-state index contributed by atoms with van der Waals surface area (Å²) in [6, 6.07) is 19.4. The molecule has 0 spiro atoms. The average Bonchev–Trinajstić information content (AvgIpc) is 3.40. The second-order valence-electron chi connectivity index (χ2n) is 11.0. The molecule has 7 heteroatoms. The van der Waals surface area contributed by atoms with Crippen LogP contribution in [0.5, 0.6) is 0 Å². The molecule has 3 fully saturated rings. The number of fused-ring (bicyclic) bond motifs is 4.